The third-order valence-corrected chi connectivity index (χ3v) is 3.33. The number of aliphatic hydroxyl groups is 4. The highest BCUT2D eigenvalue weighted by Gasteiger charge is 2.09. The van der Waals surface area contributed by atoms with Gasteiger partial charge in [-0.15, -0.1) is 0 Å². The van der Waals surface area contributed by atoms with Crippen molar-refractivity contribution >= 4 is 25.0 Å². The normalized spacial score (nSPS) is 14.7. The summed E-state index contributed by atoms with van der Waals surface area (Å²) >= 11 is 0. The molecule has 6 heteroatoms. The van der Waals surface area contributed by atoms with Crippen LogP contribution >= 0.6 is 0 Å². The lowest BCUT2D eigenvalue weighted by molar-refractivity contribution is 0.462. The van der Waals surface area contributed by atoms with E-state index in [0.717, 1.165) is 0 Å². The standard InChI is InChI=1S/C16H14O6/c17-5-11-9(1-3-15(21)13(11)7-19)10-2-4-16(22)14(8-20)12(10)6-18/h1-8,17-22H. The molecule has 0 saturated carbocycles. The van der Waals surface area contributed by atoms with Crippen LogP contribution in [0.2, 0.25) is 0 Å². The second kappa shape index (κ2) is 6.01. The third-order valence-electron chi connectivity index (χ3n) is 3.33. The Morgan fingerprint density at radius 2 is 0.818 bits per heavy atom. The van der Waals surface area contributed by atoms with E-state index in [9.17, 15) is 30.6 Å². The molecule has 0 fully saturated rings. The average molecular weight is 302 g/mol. The van der Waals surface area contributed by atoms with Crippen LogP contribution < -0.4 is 20.9 Å². The molecule has 2 rings (SSSR count). The summed E-state index contributed by atoms with van der Waals surface area (Å²) in [6, 6.07) is 5.54. The Morgan fingerprint density at radius 1 is 0.500 bits per heavy atom. The topological polar surface area (TPSA) is 121 Å². The molecule has 0 aliphatic carbocycles. The SMILES string of the molecule is OC=c1c(O)ccc(-c2ccc(O)c(=CO)c2=CO)c1=CO. The Labute approximate surface area is 124 Å². The van der Waals surface area contributed by atoms with Crippen LogP contribution in [0.4, 0.5) is 0 Å². The quantitative estimate of drug-likeness (QED) is 0.439. The lowest BCUT2D eigenvalue weighted by Crippen LogP contribution is -2.32. The van der Waals surface area contributed by atoms with Crippen LogP contribution in [0.5, 0.6) is 11.5 Å². The van der Waals surface area contributed by atoms with Gasteiger partial charge in [0, 0.05) is 10.4 Å². The molecule has 114 valence electrons. The summed E-state index contributed by atoms with van der Waals surface area (Å²) in [5.41, 5.74) is 0.730. The van der Waals surface area contributed by atoms with Gasteiger partial charge in [-0.25, -0.2) is 0 Å². The summed E-state index contributed by atoms with van der Waals surface area (Å²) in [5, 5.41) is 56.9. The lowest BCUT2D eigenvalue weighted by Gasteiger charge is -2.07. The molecule has 0 unspecified atom stereocenters. The second-order valence-corrected chi connectivity index (χ2v) is 4.44. The minimum atomic E-state index is -0.242. The van der Waals surface area contributed by atoms with E-state index in [1.165, 1.54) is 24.3 Å². The number of aromatic hydroxyl groups is 2. The Morgan fingerprint density at radius 3 is 1.09 bits per heavy atom. The molecular weight excluding hydrogens is 288 g/mol. The summed E-state index contributed by atoms with van der Waals surface area (Å²) < 4.78 is 0. The summed E-state index contributed by atoms with van der Waals surface area (Å²) in [6.07, 6.45) is 2.69. The largest absolute Gasteiger partial charge is 0.515 e. The fourth-order valence-corrected chi connectivity index (χ4v) is 2.27. The van der Waals surface area contributed by atoms with E-state index in [0.29, 0.717) is 36.2 Å². The van der Waals surface area contributed by atoms with Crippen molar-refractivity contribution in [1.82, 2.24) is 0 Å². The molecule has 0 radical (unpaired) electrons. The monoisotopic (exact) mass is 302 g/mol. The number of hydrogen-bond donors (Lipinski definition) is 6. The molecule has 0 spiro atoms. The summed E-state index contributed by atoms with van der Waals surface area (Å²) in [4.78, 5) is 0. The van der Waals surface area contributed by atoms with Gasteiger partial charge in [0.05, 0.1) is 35.5 Å². The first kappa shape index (κ1) is 15.1. The number of benzene rings is 2. The number of rotatable bonds is 1. The van der Waals surface area contributed by atoms with Crippen molar-refractivity contribution in [2.24, 2.45) is 0 Å². The predicted octanol–water partition coefficient (Wildman–Crippen LogP) is -0.0512. The van der Waals surface area contributed by atoms with Gasteiger partial charge >= 0.3 is 0 Å². The van der Waals surface area contributed by atoms with Gasteiger partial charge in [0.1, 0.15) is 11.5 Å². The van der Waals surface area contributed by atoms with E-state index < -0.39 is 0 Å². The maximum Gasteiger partial charge on any atom is 0.126 e. The summed E-state index contributed by atoms with van der Waals surface area (Å²) in [6.45, 7) is 0. The van der Waals surface area contributed by atoms with Gasteiger partial charge in [-0.3, -0.25) is 0 Å². The van der Waals surface area contributed by atoms with Crippen LogP contribution in [0.3, 0.4) is 0 Å². The maximum absolute atomic E-state index is 9.70. The number of phenols is 2. The van der Waals surface area contributed by atoms with E-state index in [1.54, 1.807) is 0 Å². The molecule has 0 atom stereocenters. The Balaban J connectivity index is 3.05. The van der Waals surface area contributed by atoms with Gasteiger partial charge in [0.15, 0.2) is 0 Å². The van der Waals surface area contributed by atoms with Crippen molar-refractivity contribution in [3.8, 4) is 22.6 Å². The Hall–Kier alpha value is -3.28. The van der Waals surface area contributed by atoms with Crippen molar-refractivity contribution in [3.63, 3.8) is 0 Å². The number of hydrogen-bond acceptors (Lipinski definition) is 6. The van der Waals surface area contributed by atoms with Gasteiger partial charge in [-0.05, 0) is 35.4 Å². The first-order valence-corrected chi connectivity index (χ1v) is 6.21. The van der Waals surface area contributed by atoms with Crippen LogP contribution in [0.1, 0.15) is 0 Å². The highest BCUT2D eigenvalue weighted by Crippen LogP contribution is 2.13. The smallest absolute Gasteiger partial charge is 0.126 e. The van der Waals surface area contributed by atoms with E-state index >= 15 is 0 Å². The molecule has 0 heterocycles. The van der Waals surface area contributed by atoms with Crippen molar-refractivity contribution in [1.29, 1.82) is 0 Å². The minimum Gasteiger partial charge on any atom is -0.515 e. The van der Waals surface area contributed by atoms with Gasteiger partial charge < -0.3 is 30.6 Å². The van der Waals surface area contributed by atoms with Gasteiger partial charge in [0.25, 0.3) is 0 Å². The zero-order chi connectivity index (χ0) is 16.3. The van der Waals surface area contributed by atoms with Crippen LogP contribution in [0.15, 0.2) is 24.3 Å². The number of aliphatic hydroxyl groups excluding tert-OH is 4. The van der Waals surface area contributed by atoms with Crippen molar-refractivity contribution in [2.45, 2.75) is 0 Å². The summed E-state index contributed by atoms with van der Waals surface area (Å²) in [7, 11) is 0. The lowest BCUT2D eigenvalue weighted by atomic mass is 9.99. The molecule has 2 aromatic carbocycles. The third kappa shape index (κ3) is 2.26. The maximum atomic E-state index is 9.70. The first-order chi connectivity index (χ1) is 10.6. The Kier molecular flexibility index (Phi) is 4.13. The molecule has 0 amide bonds. The molecule has 0 saturated heterocycles. The van der Waals surface area contributed by atoms with Crippen LogP contribution in [-0.4, -0.2) is 30.6 Å². The first-order valence-electron chi connectivity index (χ1n) is 6.21. The molecule has 0 aliphatic heterocycles. The molecule has 6 nitrogen and oxygen atoms in total. The van der Waals surface area contributed by atoms with Crippen LogP contribution in [0, 0.1) is 0 Å². The summed E-state index contributed by atoms with van der Waals surface area (Å²) in [5.74, 6) is -0.484. The zero-order valence-corrected chi connectivity index (χ0v) is 11.3. The second-order valence-electron chi connectivity index (χ2n) is 4.44. The van der Waals surface area contributed by atoms with Gasteiger partial charge in [-0.1, -0.05) is 0 Å². The minimum absolute atomic E-state index is 0.00788. The molecule has 2 aromatic rings. The van der Waals surface area contributed by atoms with Gasteiger partial charge in [0.2, 0.25) is 0 Å². The van der Waals surface area contributed by atoms with E-state index in [-0.39, 0.29) is 32.4 Å². The highest BCUT2D eigenvalue weighted by molar-refractivity contribution is 5.68. The zero-order valence-electron chi connectivity index (χ0n) is 11.3. The predicted molar refractivity (Wildman–Crippen MR) is 82.1 cm³/mol. The van der Waals surface area contributed by atoms with E-state index in [4.69, 9.17) is 0 Å². The molecule has 22 heavy (non-hydrogen) atoms. The van der Waals surface area contributed by atoms with E-state index in [1.807, 2.05) is 0 Å². The van der Waals surface area contributed by atoms with Crippen molar-refractivity contribution in [2.75, 3.05) is 0 Å². The molecule has 6 N–H and O–H groups in total. The molecular formula is C16H14O6. The van der Waals surface area contributed by atoms with Crippen LogP contribution in [0.25, 0.3) is 36.2 Å². The average Bonchev–Trinajstić information content (AvgIpc) is 2.54. The highest BCUT2D eigenvalue weighted by atomic mass is 16.3. The van der Waals surface area contributed by atoms with Crippen molar-refractivity contribution in [3.05, 3.63) is 45.1 Å². The number of phenolic OH excluding ortho intramolecular Hbond substituents is 2. The Bertz CT molecular complexity index is 865. The molecule has 0 aliphatic rings. The molecule has 0 bridgehead atoms. The van der Waals surface area contributed by atoms with Gasteiger partial charge in [-0.2, -0.15) is 0 Å². The fourth-order valence-electron chi connectivity index (χ4n) is 2.27. The molecule has 0 aromatic heterocycles. The van der Waals surface area contributed by atoms with E-state index in [2.05, 4.69) is 0 Å². The fraction of sp³-hybridized carbons (Fsp3) is 0. The van der Waals surface area contributed by atoms with Crippen molar-refractivity contribution < 1.29 is 30.6 Å². The van der Waals surface area contributed by atoms with Crippen LogP contribution in [-0.2, 0) is 0 Å².